The highest BCUT2D eigenvalue weighted by Gasteiger charge is 2.18. The molecule has 1 aromatic heterocycles. The van der Waals surface area contributed by atoms with Gasteiger partial charge in [0, 0.05) is 4.88 Å². The molecule has 2 nitrogen and oxygen atoms in total. The summed E-state index contributed by atoms with van der Waals surface area (Å²) in [6.07, 6.45) is 0. The Morgan fingerprint density at radius 1 is 1.22 bits per heavy atom. The Labute approximate surface area is 109 Å². The van der Waals surface area contributed by atoms with E-state index in [0.29, 0.717) is 5.56 Å². The van der Waals surface area contributed by atoms with Crippen LogP contribution in [0.15, 0.2) is 18.2 Å². The molecule has 1 atom stereocenters. The van der Waals surface area contributed by atoms with E-state index >= 15 is 0 Å². The largest absolute Gasteiger partial charge is 0.307 e. The van der Waals surface area contributed by atoms with E-state index in [9.17, 15) is 8.78 Å². The molecule has 5 heteroatoms. The number of benzene rings is 1. The van der Waals surface area contributed by atoms with Crippen molar-refractivity contribution in [1.82, 2.24) is 10.3 Å². The number of aromatic nitrogens is 1. The fraction of sp³-hybridized carbons (Fsp3) is 0.308. The number of hydrogen-bond donors (Lipinski definition) is 1. The Morgan fingerprint density at radius 2 is 1.94 bits per heavy atom. The first-order chi connectivity index (χ1) is 8.52. The fourth-order valence-electron chi connectivity index (χ4n) is 1.75. The van der Waals surface area contributed by atoms with Gasteiger partial charge in [-0.3, -0.25) is 0 Å². The SMILES string of the molecule is CNC(c1ccc(F)c(F)c1)c1nc(C)c(C)s1. The van der Waals surface area contributed by atoms with Crippen LogP contribution in [0.25, 0.3) is 0 Å². The lowest BCUT2D eigenvalue weighted by Crippen LogP contribution is -2.17. The molecule has 1 heterocycles. The number of aryl methyl sites for hydroxylation is 2. The van der Waals surface area contributed by atoms with Gasteiger partial charge >= 0.3 is 0 Å². The molecule has 0 saturated carbocycles. The summed E-state index contributed by atoms with van der Waals surface area (Å²) < 4.78 is 26.2. The highest BCUT2D eigenvalue weighted by atomic mass is 32.1. The van der Waals surface area contributed by atoms with E-state index < -0.39 is 11.6 Å². The molecule has 1 unspecified atom stereocenters. The van der Waals surface area contributed by atoms with Crippen molar-refractivity contribution < 1.29 is 8.78 Å². The third-order valence-electron chi connectivity index (χ3n) is 2.86. The Morgan fingerprint density at radius 3 is 2.44 bits per heavy atom. The van der Waals surface area contributed by atoms with Gasteiger partial charge in [0.15, 0.2) is 11.6 Å². The summed E-state index contributed by atoms with van der Waals surface area (Å²) in [5.41, 5.74) is 1.64. The van der Waals surface area contributed by atoms with Crippen LogP contribution in [0.2, 0.25) is 0 Å². The monoisotopic (exact) mass is 268 g/mol. The number of nitrogens with one attached hydrogen (secondary N) is 1. The van der Waals surface area contributed by atoms with E-state index in [1.165, 1.54) is 6.07 Å². The summed E-state index contributed by atoms with van der Waals surface area (Å²) in [5, 5.41) is 3.94. The van der Waals surface area contributed by atoms with Crippen molar-refractivity contribution in [3.05, 3.63) is 51.0 Å². The molecule has 1 N–H and O–H groups in total. The van der Waals surface area contributed by atoms with Gasteiger partial charge in [-0.25, -0.2) is 13.8 Å². The normalized spacial score (nSPS) is 12.7. The maximum Gasteiger partial charge on any atom is 0.159 e. The molecule has 0 aliphatic heterocycles. The van der Waals surface area contributed by atoms with Crippen LogP contribution in [-0.4, -0.2) is 12.0 Å². The lowest BCUT2D eigenvalue weighted by Gasteiger charge is -2.14. The Hall–Kier alpha value is -1.33. The van der Waals surface area contributed by atoms with Crippen LogP contribution < -0.4 is 5.32 Å². The summed E-state index contributed by atoms with van der Waals surface area (Å²) in [5.74, 6) is -1.67. The molecule has 0 saturated heterocycles. The van der Waals surface area contributed by atoms with Crippen molar-refractivity contribution in [3.8, 4) is 0 Å². The van der Waals surface area contributed by atoms with E-state index in [2.05, 4.69) is 10.3 Å². The molecule has 0 fully saturated rings. The molecule has 96 valence electrons. The summed E-state index contributed by atoms with van der Waals surface area (Å²) in [6, 6.07) is 3.72. The summed E-state index contributed by atoms with van der Waals surface area (Å²) in [7, 11) is 1.78. The first-order valence-corrected chi connectivity index (χ1v) is 6.40. The zero-order valence-corrected chi connectivity index (χ0v) is 11.2. The van der Waals surface area contributed by atoms with Crippen molar-refractivity contribution in [2.24, 2.45) is 0 Å². The predicted octanol–water partition coefficient (Wildman–Crippen LogP) is 3.35. The van der Waals surface area contributed by atoms with Gasteiger partial charge in [0.05, 0.1) is 11.7 Å². The lowest BCUT2D eigenvalue weighted by atomic mass is 10.1. The predicted molar refractivity (Wildman–Crippen MR) is 68.8 cm³/mol. The molecule has 0 aliphatic carbocycles. The first-order valence-electron chi connectivity index (χ1n) is 5.59. The van der Waals surface area contributed by atoms with Crippen LogP contribution in [0, 0.1) is 25.5 Å². The van der Waals surface area contributed by atoms with Gasteiger partial charge in [-0.2, -0.15) is 0 Å². The third-order valence-corrected chi connectivity index (χ3v) is 4.00. The van der Waals surface area contributed by atoms with Crippen LogP contribution in [0.4, 0.5) is 8.78 Å². The van der Waals surface area contributed by atoms with Crippen LogP contribution >= 0.6 is 11.3 Å². The second-order valence-electron chi connectivity index (χ2n) is 4.09. The maximum absolute atomic E-state index is 13.3. The van der Waals surface area contributed by atoms with E-state index in [1.807, 2.05) is 13.8 Å². The van der Waals surface area contributed by atoms with E-state index in [1.54, 1.807) is 24.5 Å². The van der Waals surface area contributed by atoms with Gasteiger partial charge in [0.2, 0.25) is 0 Å². The minimum atomic E-state index is -0.835. The van der Waals surface area contributed by atoms with Crippen LogP contribution in [0.1, 0.15) is 27.2 Å². The average Bonchev–Trinajstić information content (AvgIpc) is 2.65. The van der Waals surface area contributed by atoms with Crippen molar-refractivity contribution in [1.29, 1.82) is 0 Å². The Balaban J connectivity index is 2.41. The molecule has 2 aromatic rings. The van der Waals surface area contributed by atoms with Gasteiger partial charge in [0.25, 0.3) is 0 Å². The molecule has 0 radical (unpaired) electrons. The number of hydrogen-bond acceptors (Lipinski definition) is 3. The first kappa shape index (κ1) is 13.1. The minimum absolute atomic E-state index is 0.211. The van der Waals surface area contributed by atoms with E-state index in [4.69, 9.17) is 0 Å². The Kier molecular flexibility index (Phi) is 3.73. The summed E-state index contributed by atoms with van der Waals surface area (Å²) >= 11 is 1.56. The van der Waals surface area contributed by atoms with Gasteiger partial charge in [-0.05, 0) is 38.6 Å². The van der Waals surface area contributed by atoms with Crippen LogP contribution in [0.5, 0.6) is 0 Å². The second kappa shape index (κ2) is 5.12. The molecular formula is C13H14F2N2S. The molecule has 2 rings (SSSR count). The smallest absolute Gasteiger partial charge is 0.159 e. The number of rotatable bonds is 3. The van der Waals surface area contributed by atoms with Crippen molar-refractivity contribution in [2.75, 3.05) is 7.05 Å². The molecule has 0 aliphatic rings. The van der Waals surface area contributed by atoms with Gasteiger partial charge < -0.3 is 5.32 Å². The quantitative estimate of drug-likeness (QED) is 0.923. The molecule has 0 bridgehead atoms. The second-order valence-corrected chi connectivity index (χ2v) is 5.32. The fourth-order valence-corrected chi connectivity index (χ4v) is 2.81. The zero-order chi connectivity index (χ0) is 13.3. The number of nitrogens with zero attached hydrogens (tertiary/aromatic N) is 1. The van der Waals surface area contributed by atoms with Crippen molar-refractivity contribution in [2.45, 2.75) is 19.9 Å². The third kappa shape index (κ3) is 2.42. The Bertz CT molecular complexity index is 547. The number of thiazole rings is 1. The average molecular weight is 268 g/mol. The zero-order valence-electron chi connectivity index (χ0n) is 10.4. The topological polar surface area (TPSA) is 24.9 Å². The van der Waals surface area contributed by atoms with Gasteiger partial charge in [-0.15, -0.1) is 11.3 Å². The summed E-state index contributed by atoms with van der Waals surface area (Å²) in [6.45, 7) is 3.93. The van der Waals surface area contributed by atoms with Crippen LogP contribution in [-0.2, 0) is 0 Å². The van der Waals surface area contributed by atoms with Crippen LogP contribution in [0.3, 0.4) is 0 Å². The van der Waals surface area contributed by atoms with Crippen molar-refractivity contribution >= 4 is 11.3 Å². The standard InChI is InChI=1S/C13H14F2N2S/c1-7-8(2)18-13(17-7)12(16-3)9-4-5-10(14)11(15)6-9/h4-6,12,16H,1-3H3. The summed E-state index contributed by atoms with van der Waals surface area (Å²) in [4.78, 5) is 5.58. The number of halogens is 2. The minimum Gasteiger partial charge on any atom is -0.307 e. The van der Waals surface area contributed by atoms with Gasteiger partial charge in [0.1, 0.15) is 5.01 Å². The van der Waals surface area contributed by atoms with Crippen molar-refractivity contribution in [3.63, 3.8) is 0 Å². The molecule has 0 spiro atoms. The van der Waals surface area contributed by atoms with E-state index in [0.717, 1.165) is 21.6 Å². The molecule has 0 amide bonds. The molecule has 18 heavy (non-hydrogen) atoms. The lowest BCUT2D eigenvalue weighted by molar-refractivity contribution is 0.505. The highest BCUT2D eigenvalue weighted by molar-refractivity contribution is 7.11. The maximum atomic E-state index is 13.3. The molecular weight excluding hydrogens is 254 g/mol. The van der Waals surface area contributed by atoms with Gasteiger partial charge in [-0.1, -0.05) is 6.07 Å². The highest BCUT2D eigenvalue weighted by Crippen LogP contribution is 2.28. The molecule has 1 aromatic carbocycles. The van der Waals surface area contributed by atoms with E-state index in [-0.39, 0.29) is 6.04 Å².